The summed E-state index contributed by atoms with van der Waals surface area (Å²) >= 11 is 0. The Labute approximate surface area is 234 Å². The second-order valence-corrected chi connectivity index (χ2v) is 9.02. The lowest BCUT2D eigenvalue weighted by Gasteiger charge is -2.25. The molecule has 3 aromatic rings. The maximum atomic E-state index is 13.4. The number of benzene rings is 3. The zero-order valence-electron chi connectivity index (χ0n) is 23.5. The van der Waals surface area contributed by atoms with E-state index in [9.17, 15) is 14.9 Å². The van der Waals surface area contributed by atoms with Crippen LogP contribution in [-0.4, -0.2) is 71.0 Å². The van der Waals surface area contributed by atoms with E-state index in [0.29, 0.717) is 47.3 Å². The van der Waals surface area contributed by atoms with Gasteiger partial charge in [0.1, 0.15) is 0 Å². The number of carbonyl (C=O) groups excluding carboxylic acids is 1. The molecule has 3 rings (SSSR count). The van der Waals surface area contributed by atoms with Gasteiger partial charge in [-0.05, 0) is 68.4 Å². The number of ether oxygens (including phenoxy) is 4. The van der Waals surface area contributed by atoms with Crippen molar-refractivity contribution in [2.24, 2.45) is 0 Å². The van der Waals surface area contributed by atoms with Crippen molar-refractivity contribution in [2.75, 3.05) is 65.3 Å². The Hall–Kier alpha value is -4.51. The number of nitro benzene ring substituents is 1. The van der Waals surface area contributed by atoms with E-state index in [1.54, 1.807) is 49.5 Å². The van der Waals surface area contributed by atoms with Gasteiger partial charge in [0.25, 0.3) is 5.69 Å². The van der Waals surface area contributed by atoms with Gasteiger partial charge in [0, 0.05) is 42.7 Å². The normalized spacial score (nSPS) is 10.7. The van der Waals surface area contributed by atoms with Gasteiger partial charge in [-0.25, -0.2) is 4.79 Å². The van der Waals surface area contributed by atoms with Crippen molar-refractivity contribution < 1.29 is 28.7 Å². The summed E-state index contributed by atoms with van der Waals surface area (Å²) in [5.41, 5.74) is 2.17. The fourth-order valence-electron chi connectivity index (χ4n) is 4.17. The lowest BCUT2D eigenvalue weighted by Crippen LogP contribution is -2.37. The molecule has 0 aliphatic heterocycles. The van der Waals surface area contributed by atoms with E-state index < -0.39 is 4.92 Å². The SMILES string of the molecule is COc1ccc(CCN(C)CCCN(C(=O)Nc2ccc(OC)c(OC)c2)c2ccc([N+](=O)[O-])cc2)cc1OC. The monoisotopic (exact) mass is 552 g/mol. The maximum absolute atomic E-state index is 13.4. The third-order valence-corrected chi connectivity index (χ3v) is 6.40. The smallest absolute Gasteiger partial charge is 0.326 e. The van der Waals surface area contributed by atoms with Crippen molar-refractivity contribution in [3.63, 3.8) is 0 Å². The number of anilines is 2. The summed E-state index contributed by atoms with van der Waals surface area (Å²) in [6.45, 7) is 1.95. The Balaban J connectivity index is 1.66. The number of likely N-dealkylation sites (N-methyl/N-ethyl adjacent to an activating group) is 1. The molecule has 11 heteroatoms. The predicted octanol–water partition coefficient (Wildman–Crippen LogP) is 5.23. The molecular formula is C29H36N4O7. The van der Waals surface area contributed by atoms with Gasteiger partial charge >= 0.3 is 6.03 Å². The highest BCUT2D eigenvalue weighted by atomic mass is 16.6. The van der Waals surface area contributed by atoms with Crippen LogP contribution in [0, 0.1) is 10.1 Å². The molecule has 3 aromatic carbocycles. The summed E-state index contributed by atoms with van der Waals surface area (Å²) in [5, 5.41) is 14.0. The quantitative estimate of drug-likeness (QED) is 0.213. The van der Waals surface area contributed by atoms with Crippen LogP contribution in [0.1, 0.15) is 12.0 Å². The van der Waals surface area contributed by atoms with Gasteiger partial charge in [0.15, 0.2) is 23.0 Å². The standard InChI is InChI=1S/C29H36N4O7/c1-31(18-15-21-7-13-25(37-2)27(19-21)39-4)16-6-17-32(23-9-11-24(12-10-23)33(35)36)29(34)30-22-8-14-26(38-3)28(20-22)40-5/h7-14,19-20H,6,15-18H2,1-5H3,(H,30,34). The summed E-state index contributed by atoms with van der Waals surface area (Å²) in [6, 6.07) is 16.6. The van der Waals surface area contributed by atoms with Crippen LogP contribution in [0.4, 0.5) is 21.9 Å². The molecule has 0 bridgehead atoms. The van der Waals surface area contributed by atoms with E-state index in [0.717, 1.165) is 25.1 Å². The summed E-state index contributed by atoms with van der Waals surface area (Å²) in [4.78, 5) is 27.8. The fraction of sp³-hybridized carbons (Fsp3) is 0.345. The summed E-state index contributed by atoms with van der Waals surface area (Å²) < 4.78 is 21.3. The van der Waals surface area contributed by atoms with Crippen LogP contribution in [0.2, 0.25) is 0 Å². The molecule has 0 atom stereocenters. The Morgan fingerprint density at radius 2 is 1.40 bits per heavy atom. The van der Waals surface area contributed by atoms with Crippen molar-refractivity contribution in [3.05, 3.63) is 76.3 Å². The van der Waals surface area contributed by atoms with Gasteiger partial charge in [-0.3, -0.25) is 15.0 Å². The first-order valence-corrected chi connectivity index (χ1v) is 12.7. The van der Waals surface area contributed by atoms with Crippen molar-refractivity contribution in [3.8, 4) is 23.0 Å². The molecule has 0 aliphatic rings. The number of hydrogen-bond acceptors (Lipinski definition) is 8. The number of urea groups is 1. The van der Waals surface area contributed by atoms with Gasteiger partial charge in [-0.15, -0.1) is 0 Å². The zero-order chi connectivity index (χ0) is 29.1. The molecule has 0 radical (unpaired) electrons. The Kier molecular flexibility index (Phi) is 11.0. The number of carbonyl (C=O) groups is 1. The van der Waals surface area contributed by atoms with Gasteiger partial charge in [-0.2, -0.15) is 0 Å². The predicted molar refractivity (Wildman–Crippen MR) is 154 cm³/mol. The highest BCUT2D eigenvalue weighted by molar-refractivity contribution is 6.02. The molecule has 0 heterocycles. The molecule has 0 aromatic heterocycles. The zero-order valence-corrected chi connectivity index (χ0v) is 23.5. The molecule has 0 spiro atoms. The molecule has 0 saturated heterocycles. The minimum Gasteiger partial charge on any atom is -0.493 e. The van der Waals surface area contributed by atoms with Crippen molar-refractivity contribution in [1.29, 1.82) is 0 Å². The topological polar surface area (TPSA) is 116 Å². The van der Waals surface area contributed by atoms with Crippen molar-refractivity contribution in [1.82, 2.24) is 4.90 Å². The first-order chi connectivity index (χ1) is 19.3. The summed E-state index contributed by atoms with van der Waals surface area (Å²) in [7, 11) is 8.32. The van der Waals surface area contributed by atoms with Gasteiger partial charge in [-0.1, -0.05) is 6.07 Å². The van der Waals surface area contributed by atoms with Crippen LogP contribution in [0.3, 0.4) is 0 Å². The van der Waals surface area contributed by atoms with Crippen LogP contribution in [0.5, 0.6) is 23.0 Å². The third-order valence-electron chi connectivity index (χ3n) is 6.40. The average molecular weight is 553 g/mol. The molecule has 2 amide bonds. The maximum Gasteiger partial charge on any atom is 0.326 e. The molecule has 40 heavy (non-hydrogen) atoms. The number of nitrogens with zero attached hydrogens (tertiary/aromatic N) is 3. The third kappa shape index (κ3) is 8.00. The van der Waals surface area contributed by atoms with Crippen LogP contribution in [0.15, 0.2) is 60.7 Å². The molecule has 11 nitrogen and oxygen atoms in total. The Morgan fingerprint density at radius 3 is 2.00 bits per heavy atom. The van der Waals surface area contributed by atoms with Crippen LogP contribution in [0.25, 0.3) is 0 Å². The molecular weight excluding hydrogens is 516 g/mol. The largest absolute Gasteiger partial charge is 0.493 e. The molecule has 1 N–H and O–H groups in total. The van der Waals surface area contributed by atoms with Crippen LogP contribution >= 0.6 is 0 Å². The summed E-state index contributed by atoms with van der Waals surface area (Å²) in [5.74, 6) is 2.42. The fourth-order valence-corrected chi connectivity index (χ4v) is 4.17. The highest BCUT2D eigenvalue weighted by Gasteiger charge is 2.18. The average Bonchev–Trinajstić information content (AvgIpc) is 2.97. The Bertz CT molecular complexity index is 1280. The first-order valence-electron chi connectivity index (χ1n) is 12.7. The number of nitro groups is 1. The van der Waals surface area contributed by atoms with Gasteiger partial charge < -0.3 is 29.2 Å². The number of non-ortho nitro benzene ring substituents is 1. The summed E-state index contributed by atoms with van der Waals surface area (Å²) in [6.07, 6.45) is 1.50. The van der Waals surface area contributed by atoms with E-state index >= 15 is 0 Å². The molecule has 214 valence electrons. The van der Waals surface area contributed by atoms with Crippen LogP contribution < -0.4 is 29.2 Å². The lowest BCUT2D eigenvalue weighted by molar-refractivity contribution is -0.384. The second-order valence-electron chi connectivity index (χ2n) is 9.02. The number of amides is 2. The minimum absolute atomic E-state index is 0.0427. The number of nitrogens with one attached hydrogen (secondary N) is 1. The minimum atomic E-state index is -0.467. The van der Waals surface area contributed by atoms with Gasteiger partial charge in [0.2, 0.25) is 0 Å². The van der Waals surface area contributed by atoms with Crippen molar-refractivity contribution in [2.45, 2.75) is 12.8 Å². The van der Waals surface area contributed by atoms with E-state index in [1.165, 1.54) is 26.4 Å². The lowest BCUT2D eigenvalue weighted by atomic mass is 10.1. The van der Waals surface area contributed by atoms with E-state index in [1.807, 2.05) is 25.2 Å². The van der Waals surface area contributed by atoms with E-state index in [4.69, 9.17) is 18.9 Å². The van der Waals surface area contributed by atoms with E-state index in [-0.39, 0.29) is 11.7 Å². The number of methoxy groups -OCH3 is 4. The van der Waals surface area contributed by atoms with Crippen LogP contribution in [-0.2, 0) is 6.42 Å². The molecule has 0 aliphatic carbocycles. The first kappa shape index (κ1) is 30.0. The second kappa shape index (κ2) is 14.6. The highest BCUT2D eigenvalue weighted by Crippen LogP contribution is 2.30. The van der Waals surface area contributed by atoms with E-state index in [2.05, 4.69) is 10.2 Å². The Morgan fingerprint density at radius 1 is 0.800 bits per heavy atom. The molecule has 0 fully saturated rings. The van der Waals surface area contributed by atoms with Gasteiger partial charge in [0.05, 0.1) is 33.4 Å². The number of hydrogen-bond donors (Lipinski definition) is 1. The molecule has 0 unspecified atom stereocenters. The number of rotatable bonds is 14. The van der Waals surface area contributed by atoms with Crippen molar-refractivity contribution >= 4 is 23.1 Å². The molecule has 0 saturated carbocycles.